The maximum atomic E-state index is 14.0. The van der Waals surface area contributed by atoms with Gasteiger partial charge in [-0.3, -0.25) is 0 Å². The van der Waals surface area contributed by atoms with Crippen molar-refractivity contribution in [3.05, 3.63) is 60.2 Å². The zero-order valence-electron chi connectivity index (χ0n) is 14.6. The van der Waals surface area contributed by atoms with Gasteiger partial charge >= 0.3 is 0 Å². The smallest absolute Gasteiger partial charge is 0.175 e. The Kier molecular flexibility index (Phi) is 4.51. The van der Waals surface area contributed by atoms with Crippen LogP contribution in [-0.4, -0.2) is 39.1 Å². The van der Waals surface area contributed by atoms with Crippen molar-refractivity contribution in [2.75, 3.05) is 23.3 Å². The first-order valence-electron chi connectivity index (χ1n) is 8.81. The molecule has 4 rings (SSSR count). The number of aryl methyl sites for hydroxylation is 1. The molecule has 0 amide bonds. The normalized spacial score (nSPS) is 17.3. The van der Waals surface area contributed by atoms with Crippen LogP contribution in [-0.2, 0) is 0 Å². The van der Waals surface area contributed by atoms with E-state index in [1.54, 1.807) is 10.7 Å². The van der Waals surface area contributed by atoms with Crippen LogP contribution >= 0.6 is 0 Å². The summed E-state index contributed by atoms with van der Waals surface area (Å²) in [5.41, 5.74) is 1.60. The predicted octanol–water partition coefficient (Wildman–Crippen LogP) is 3.19. The first-order valence-corrected chi connectivity index (χ1v) is 8.81. The zero-order chi connectivity index (χ0) is 17.9. The molecule has 0 bridgehead atoms. The van der Waals surface area contributed by atoms with Crippen LogP contribution in [0.4, 0.5) is 15.9 Å². The molecule has 0 spiro atoms. The highest BCUT2D eigenvalue weighted by atomic mass is 19.1. The van der Waals surface area contributed by atoms with Gasteiger partial charge in [0.25, 0.3) is 0 Å². The van der Waals surface area contributed by atoms with Crippen molar-refractivity contribution in [1.82, 2.24) is 20.0 Å². The Morgan fingerprint density at radius 2 is 2.00 bits per heavy atom. The van der Waals surface area contributed by atoms with Crippen molar-refractivity contribution in [2.45, 2.75) is 25.8 Å². The maximum absolute atomic E-state index is 14.0. The van der Waals surface area contributed by atoms with Crippen LogP contribution in [0, 0.1) is 12.7 Å². The minimum atomic E-state index is -0.174. The van der Waals surface area contributed by atoms with Gasteiger partial charge in [0.2, 0.25) is 0 Å². The standard InChI is InChI=1S/C19H21FN6/c1-14-10-12-26(24-14)19-9-8-18(22-23-19)21-15-5-4-11-25(13-15)17-7-3-2-6-16(17)20/h2-3,6-10,12,15H,4-5,11,13H2,1H3,(H,21,22). The Balaban J connectivity index is 1.43. The Morgan fingerprint density at radius 3 is 2.73 bits per heavy atom. The van der Waals surface area contributed by atoms with Crippen LogP contribution in [0.25, 0.3) is 5.82 Å². The molecule has 1 N–H and O–H groups in total. The van der Waals surface area contributed by atoms with E-state index in [0.29, 0.717) is 11.5 Å². The van der Waals surface area contributed by atoms with Crippen molar-refractivity contribution >= 4 is 11.5 Å². The molecule has 134 valence electrons. The second-order valence-corrected chi connectivity index (χ2v) is 6.56. The van der Waals surface area contributed by atoms with Crippen LogP contribution in [0.3, 0.4) is 0 Å². The summed E-state index contributed by atoms with van der Waals surface area (Å²) in [4.78, 5) is 2.09. The molecule has 0 radical (unpaired) electrons. The number of piperidine rings is 1. The second-order valence-electron chi connectivity index (χ2n) is 6.56. The van der Waals surface area contributed by atoms with E-state index in [0.717, 1.165) is 37.4 Å². The molecule has 1 fully saturated rings. The van der Waals surface area contributed by atoms with Gasteiger partial charge in [-0.05, 0) is 50.1 Å². The largest absolute Gasteiger partial charge is 0.367 e. The third kappa shape index (κ3) is 3.51. The van der Waals surface area contributed by atoms with Crippen LogP contribution in [0.1, 0.15) is 18.5 Å². The quantitative estimate of drug-likeness (QED) is 0.781. The first kappa shape index (κ1) is 16.5. The lowest BCUT2D eigenvalue weighted by Crippen LogP contribution is -2.42. The predicted molar refractivity (Wildman–Crippen MR) is 99.1 cm³/mol. The van der Waals surface area contributed by atoms with E-state index in [4.69, 9.17) is 0 Å². The van der Waals surface area contributed by atoms with Crippen molar-refractivity contribution in [2.24, 2.45) is 0 Å². The lowest BCUT2D eigenvalue weighted by atomic mass is 10.0. The van der Waals surface area contributed by atoms with Crippen LogP contribution in [0.15, 0.2) is 48.7 Å². The highest BCUT2D eigenvalue weighted by Crippen LogP contribution is 2.24. The highest BCUT2D eigenvalue weighted by molar-refractivity contribution is 5.49. The third-order valence-electron chi connectivity index (χ3n) is 4.57. The Hall–Kier alpha value is -2.96. The second kappa shape index (κ2) is 7.11. The summed E-state index contributed by atoms with van der Waals surface area (Å²) in [7, 11) is 0. The lowest BCUT2D eigenvalue weighted by molar-refractivity contribution is 0.517. The molecular weight excluding hydrogens is 331 g/mol. The molecule has 2 aromatic heterocycles. The molecule has 26 heavy (non-hydrogen) atoms. The first-order chi connectivity index (χ1) is 12.7. The van der Waals surface area contributed by atoms with Gasteiger partial charge in [-0.15, -0.1) is 10.2 Å². The summed E-state index contributed by atoms with van der Waals surface area (Å²) in [6, 6.07) is 12.9. The summed E-state index contributed by atoms with van der Waals surface area (Å²) >= 11 is 0. The van der Waals surface area contributed by atoms with Gasteiger partial charge in [-0.25, -0.2) is 9.07 Å². The lowest BCUT2D eigenvalue weighted by Gasteiger charge is -2.35. The molecule has 1 aromatic carbocycles. The number of hydrogen-bond acceptors (Lipinski definition) is 5. The molecule has 1 atom stereocenters. The van der Waals surface area contributed by atoms with E-state index in [-0.39, 0.29) is 11.9 Å². The monoisotopic (exact) mass is 352 g/mol. The molecule has 3 aromatic rings. The van der Waals surface area contributed by atoms with Gasteiger partial charge in [-0.2, -0.15) is 5.10 Å². The highest BCUT2D eigenvalue weighted by Gasteiger charge is 2.22. The average molecular weight is 352 g/mol. The summed E-state index contributed by atoms with van der Waals surface area (Å²) in [6.45, 7) is 3.54. The number of anilines is 2. The summed E-state index contributed by atoms with van der Waals surface area (Å²) in [5.74, 6) is 1.23. The molecule has 6 nitrogen and oxygen atoms in total. The van der Waals surface area contributed by atoms with Crippen molar-refractivity contribution < 1.29 is 4.39 Å². The van der Waals surface area contributed by atoms with Crippen molar-refractivity contribution in [3.63, 3.8) is 0 Å². The molecule has 0 saturated carbocycles. The van der Waals surface area contributed by atoms with Crippen molar-refractivity contribution in [3.8, 4) is 5.82 Å². The fraction of sp³-hybridized carbons (Fsp3) is 0.316. The summed E-state index contributed by atoms with van der Waals surface area (Å²) in [6.07, 6.45) is 3.89. The topological polar surface area (TPSA) is 58.9 Å². The fourth-order valence-electron chi connectivity index (χ4n) is 3.30. The Labute approximate surface area is 151 Å². The van der Waals surface area contributed by atoms with E-state index in [1.807, 2.05) is 43.5 Å². The van der Waals surface area contributed by atoms with E-state index < -0.39 is 0 Å². The maximum Gasteiger partial charge on any atom is 0.175 e. The number of halogens is 1. The molecule has 1 aliphatic rings. The van der Waals surface area contributed by atoms with Gasteiger partial charge in [0.1, 0.15) is 11.6 Å². The minimum Gasteiger partial charge on any atom is -0.367 e. The fourth-order valence-corrected chi connectivity index (χ4v) is 3.30. The molecule has 1 unspecified atom stereocenters. The molecule has 1 aliphatic heterocycles. The van der Waals surface area contributed by atoms with Crippen LogP contribution < -0.4 is 10.2 Å². The average Bonchev–Trinajstić information content (AvgIpc) is 3.09. The van der Waals surface area contributed by atoms with Gasteiger partial charge in [0.15, 0.2) is 5.82 Å². The number of benzene rings is 1. The summed E-state index contributed by atoms with van der Waals surface area (Å²) in [5, 5.41) is 16.2. The van der Waals surface area contributed by atoms with Gasteiger partial charge < -0.3 is 10.2 Å². The van der Waals surface area contributed by atoms with Crippen LogP contribution in [0.5, 0.6) is 0 Å². The number of nitrogens with zero attached hydrogens (tertiary/aromatic N) is 5. The number of para-hydroxylation sites is 1. The molecule has 1 saturated heterocycles. The molecular formula is C19H21FN6. The summed E-state index contributed by atoms with van der Waals surface area (Å²) < 4.78 is 15.7. The Bertz CT molecular complexity index is 876. The SMILES string of the molecule is Cc1ccn(-c2ccc(NC3CCCN(c4ccccc4F)C3)nn2)n1. The number of nitrogens with one attached hydrogen (secondary N) is 1. The van der Waals surface area contributed by atoms with Crippen LogP contribution in [0.2, 0.25) is 0 Å². The van der Waals surface area contributed by atoms with Gasteiger partial charge in [0.05, 0.1) is 11.4 Å². The minimum absolute atomic E-state index is 0.174. The number of hydrogen-bond donors (Lipinski definition) is 1. The van der Waals surface area contributed by atoms with Gasteiger partial charge in [0, 0.05) is 25.3 Å². The number of rotatable bonds is 4. The molecule has 7 heteroatoms. The molecule has 0 aliphatic carbocycles. The van der Waals surface area contributed by atoms with Gasteiger partial charge in [-0.1, -0.05) is 12.1 Å². The van der Waals surface area contributed by atoms with Crippen molar-refractivity contribution in [1.29, 1.82) is 0 Å². The Morgan fingerprint density at radius 1 is 1.12 bits per heavy atom. The van der Waals surface area contributed by atoms with E-state index >= 15 is 0 Å². The van der Waals surface area contributed by atoms with E-state index in [9.17, 15) is 4.39 Å². The number of aromatic nitrogens is 4. The van der Waals surface area contributed by atoms with E-state index in [2.05, 4.69) is 25.5 Å². The molecule has 3 heterocycles. The van der Waals surface area contributed by atoms with E-state index in [1.165, 1.54) is 6.07 Å². The third-order valence-corrected chi connectivity index (χ3v) is 4.57. The zero-order valence-corrected chi connectivity index (χ0v) is 14.6.